The number of thioether (sulfide) groups is 1. The van der Waals surface area contributed by atoms with Gasteiger partial charge < -0.3 is 14.6 Å². The highest BCUT2D eigenvalue weighted by atomic mass is 32.2. The number of aryl methyl sites for hydroxylation is 1. The molecule has 0 radical (unpaired) electrons. The predicted molar refractivity (Wildman–Crippen MR) is 118 cm³/mol. The van der Waals surface area contributed by atoms with Gasteiger partial charge in [0.2, 0.25) is 5.91 Å². The SMILES string of the molecule is O=C(NCCCc1ccccc1)c1ccc([C@H]2SCC(=O)N2Cc2ccco2)cc1. The molecule has 0 spiro atoms. The number of amides is 2. The van der Waals surface area contributed by atoms with Gasteiger partial charge in [-0.3, -0.25) is 9.59 Å². The number of rotatable bonds is 8. The largest absolute Gasteiger partial charge is 0.467 e. The lowest BCUT2D eigenvalue weighted by Gasteiger charge is -2.23. The van der Waals surface area contributed by atoms with Gasteiger partial charge in [-0.2, -0.15) is 0 Å². The van der Waals surface area contributed by atoms with Crippen molar-refractivity contribution in [3.8, 4) is 0 Å². The average Bonchev–Trinajstić information content (AvgIpc) is 3.42. The minimum Gasteiger partial charge on any atom is -0.467 e. The third kappa shape index (κ3) is 4.94. The summed E-state index contributed by atoms with van der Waals surface area (Å²) in [4.78, 5) is 26.6. The molecule has 2 amide bonds. The number of carbonyl (C=O) groups is 2. The van der Waals surface area contributed by atoms with Crippen molar-refractivity contribution in [3.05, 3.63) is 95.4 Å². The lowest BCUT2D eigenvalue weighted by atomic mass is 10.1. The van der Waals surface area contributed by atoms with Gasteiger partial charge in [-0.15, -0.1) is 11.8 Å². The molecule has 1 saturated heterocycles. The average molecular weight is 421 g/mol. The summed E-state index contributed by atoms with van der Waals surface area (Å²) in [6.07, 6.45) is 3.46. The van der Waals surface area contributed by atoms with E-state index in [0.717, 1.165) is 24.2 Å². The van der Waals surface area contributed by atoms with Gasteiger partial charge in [0.05, 0.1) is 18.6 Å². The molecule has 154 valence electrons. The van der Waals surface area contributed by atoms with E-state index in [4.69, 9.17) is 4.42 Å². The first-order valence-electron chi connectivity index (χ1n) is 10.1. The standard InChI is InChI=1S/C24H24N2O3S/c27-22-17-30-24(26(22)16-21-9-5-15-29-21)20-12-10-19(11-13-20)23(28)25-14-4-8-18-6-2-1-3-7-18/h1-3,5-7,9-13,15,24H,4,8,14,16-17H2,(H,25,28)/t24-/m1/s1. The van der Waals surface area contributed by atoms with E-state index in [1.54, 1.807) is 18.0 Å². The van der Waals surface area contributed by atoms with E-state index < -0.39 is 0 Å². The second-order valence-corrected chi connectivity index (χ2v) is 8.30. The number of nitrogens with zero attached hydrogens (tertiary/aromatic N) is 1. The van der Waals surface area contributed by atoms with Crippen molar-refractivity contribution in [2.24, 2.45) is 0 Å². The third-order valence-corrected chi connectivity index (χ3v) is 6.36. The van der Waals surface area contributed by atoms with Crippen LogP contribution in [0.15, 0.2) is 77.4 Å². The summed E-state index contributed by atoms with van der Waals surface area (Å²) in [6, 6.07) is 21.5. The fraction of sp³-hybridized carbons (Fsp3) is 0.250. The molecule has 1 atom stereocenters. The summed E-state index contributed by atoms with van der Waals surface area (Å²) in [7, 11) is 0. The minimum absolute atomic E-state index is 0.0643. The number of hydrogen-bond acceptors (Lipinski definition) is 4. The van der Waals surface area contributed by atoms with E-state index >= 15 is 0 Å². The van der Waals surface area contributed by atoms with Crippen LogP contribution < -0.4 is 5.32 Å². The van der Waals surface area contributed by atoms with Crippen LogP contribution >= 0.6 is 11.8 Å². The maximum atomic E-state index is 12.4. The number of carbonyl (C=O) groups excluding carboxylic acids is 2. The Morgan fingerprint density at radius 1 is 1.07 bits per heavy atom. The van der Waals surface area contributed by atoms with Crippen molar-refractivity contribution in [1.29, 1.82) is 0 Å². The first kappa shape index (κ1) is 20.3. The van der Waals surface area contributed by atoms with E-state index in [-0.39, 0.29) is 17.2 Å². The molecule has 1 aliphatic rings. The molecule has 3 aromatic rings. The van der Waals surface area contributed by atoms with Gasteiger partial charge in [-0.05, 0) is 48.2 Å². The van der Waals surface area contributed by atoms with Crippen molar-refractivity contribution < 1.29 is 14.0 Å². The van der Waals surface area contributed by atoms with Crippen LogP contribution in [0.4, 0.5) is 0 Å². The highest BCUT2D eigenvalue weighted by Crippen LogP contribution is 2.39. The molecular weight excluding hydrogens is 396 g/mol. The van der Waals surface area contributed by atoms with E-state index in [1.807, 2.05) is 59.5 Å². The Balaban J connectivity index is 1.31. The molecule has 30 heavy (non-hydrogen) atoms. The van der Waals surface area contributed by atoms with Gasteiger partial charge in [0.1, 0.15) is 11.1 Å². The van der Waals surface area contributed by atoms with Crippen molar-refractivity contribution >= 4 is 23.6 Å². The molecule has 1 fully saturated rings. The predicted octanol–water partition coefficient (Wildman–Crippen LogP) is 4.42. The van der Waals surface area contributed by atoms with Gasteiger partial charge in [-0.1, -0.05) is 42.5 Å². The van der Waals surface area contributed by atoms with Crippen LogP contribution in [0.1, 0.15) is 39.0 Å². The zero-order valence-electron chi connectivity index (χ0n) is 16.6. The Kier molecular flexibility index (Phi) is 6.54. The van der Waals surface area contributed by atoms with Crippen molar-refractivity contribution in [2.75, 3.05) is 12.3 Å². The van der Waals surface area contributed by atoms with Gasteiger partial charge in [-0.25, -0.2) is 0 Å². The van der Waals surface area contributed by atoms with Gasteiger partial charge in [0, 0.05) is 12.1 Å². The summed E-state index contributed by atoms with van der Waals surface area (Å²) in [5.74, 6) is 1.25. The van der Waals surface area contributed by atoms with Gasteiger partial charge in [0.25, 0.3) is 5.91 Å². The highest BCUT2D eigenvalue weighted by molar-refractivity contribution is 8.00. The maximum Gasteiger partial charge on any atom is 0.251 e. The summed E-state index contributed by atoms with van der Waals surface area (Å²) >= 11 is 1.60. The van der Waals surface area contributed by atoms with Crippen molar-refractivity contribution in [2.45, 2.75) is 24.8 Å². The van der Waals surface area contributed by atoms with Crippen molar-refractivity contribution in [1.82, 2.24) is 10.2 Å². The lowest BCUT2D eigenvalue weighted by molar-refractivity contribution is -0.128. The lowest BCUT2D eigenvalue weighted by Crippen LogP contribution is -2.27. The normalized spacial score (nSPS) is 16.1. The second kappa shape index (κ2) is 9.67. The van der Waals surface area contributed by atoms with E-state index in [2.05, 4.69) is 17.4 Å². The molecule has 0 bridgehead atoms. The summed E-state index contributed by atoms with van der Waals surface area (Å²) in [6.45, 7) is 1.09. The molecular formula is C24H24N2O3S. The Morgan fingerprint density at radius 3 is 2.60 bits per heavy atom. The third-order valence-electron chi connectivity index (χ3n) is 5.10. The van der Waals surface area contributed by atoms with Crippen LogP contribution in [-0.2, 0) is 17.8 Å². The van der Waals surface area contributed by atoms with E-state index in [9.17, 15) is 9.59 Å². The van der Waals surface area contributed by atoms with E-state index in [1.165, 1.54) is 5.56 Å². The van der Waals surface area contributed by atoms with Crippen LogP contribution in [0.5, 0.6) is 0 Å². The van der Waals surface area contributed by atoms with Gasteiger partial charge in [0.15, 0.2) is 0 Å². The van der Waals surface area contributed by atoms with Crippen molar-refractivity contribution in [3.63, 3.8) is 0 Å². The molecule has 2 aromatic carbocycles. The Bertz CT molecular complexity index is 971. The summed E-state index contributed by atoms with van der Waals surface area (Å²) in [5.41, 5.74) is 2.92. The number of furan rings is 1. The zero-order chi connectivity index (χ0) is 20.8. The smallest absolute Gasteiger partial charge is 0.251 e. The van der Waals surface area contributed by atoms with Crippen LogP contribution in [0.25, 0.3) is 0 Å². The highest BCUT2D eigenvalue weighted by Gasteiger charge is 2.33. The maximum absolute atomic E-state index is 12.4. The molecule has 6 heteroatoms. The molecule has 0 unspecified atom stereocenters. The first-order valence-corrected chi connectivity index (χ1v) is 11.1. The quantitative estimate of drug-likeness (QED) is 0.548. The number of benzene rings is 2. The molecule has 0 aliphatic carbocycles. The topological polar surface area (TPSA) is 62.6 Å². The molecule has 0 saturated carbocycles. The molecule has 5 nitrogen and oxygen atoms in total. The van der Waals surface area contributed by atoms with Crippen LogP contribution in [0, 0.1) is 0 Å². The fourth-order valence-corrected chi connectivity index (χ4v) is 4.70. The Morgan fingerprint density at radius 2 is 1.87 bits per heavy atom. The second-order valence-electron chi connectivity index (χ2n) is 7.23. The molecule has 2 heterocycles. The number of nitrogens with one attached hydrogen (secondary N) is 1. The molecule has 4 rings (SSSR count). The zero-order valence-corrected chi connectivity index (χ0v) is 17.4. The number of hydrogen-bond donors (Lipinski definition) is 1. The van der Waals surface area contributed by atoms with Gasteiger partial charge >= 0.3 is 0 Å². The molecule has 1 aliphatic heterocycles. The Labute approximate surface area is 180 Å². The fourth-order valence-electron chi connectivity index (χ4n) is 3.51. The van der Waals surface area contributed by atoms with Crippen LogP contribution in [0.3, 0.4) is 0 Å². The Hall–Kier alpha value is -2.99. The van der Waals surface area contributed by atoms with Crippen LogP contribution in [-0.4, -0.2) is 29.0 Å². The van der Waals surface area contributed by atoms with Crippen LogP contribution in [0.2, 0.25) is 0 Å². The summed E-state index contributed by atoms with van der Waals surface area (Å²) in [5, 5.41) is 2.92. The summed E-state index contributed by atoms with van der Waals surface area (Å²) < 4.78 is 5.40. The minimum atomic E-state index is -0.0720. The monoisotopic (exact) mass is 420 g/mol. The molecule has 1 aromatic heterocycles. The molecule has 1 N–H and O–H groups in total. The first-order chi connectivity index (χ1) is 14.7. The van der Waals surface area contributed by atoms with E-state index in [0.29, 0.717) is 24.4 Å².